The van der Waals surface area contributed by atoms with Gasteiger partial charge < -0.3 is 9.47 Å². The Morgan fingerprint density at radius 1 is 1.05 bits per heavy atom. The molecule has 0 N–H and O–H groups in total. The quantitative estimate of drug-likeness (QED) is 0.234. The molecule has 1 aliphatic carbocycles. The van der Waals surface area contributed by atoms with Crippen molar-refractivity contribution in [2.24, 2.45) is 5.10 Å². The van der Waals surface area contributed by atoms with E-state index in [4.69, 9.17) is 37.7 Å². The minimum absolute atomic E-state index is 0.174. The van der Waals surface area contributed by atoms with Gasteiger partial charge in [-0.25, -0.2) is 4.98 Å². The van der Waals surface area contributed by atoms with Crippen LogP contribution in [0.1, 0.15) is 55.0 Å². The summed E-state index contributed by atoms with van der Waals surface area (Å²) in [4.78, 5) is 18.4. The van der Waals surface area contributed by atoms with E-state index in [0.717, 1.165) is 31.2 Å². The van der Waals surface area contributed by atoms with Crippen LogP contribution < -0.4 is 15.0 Å². The van der Waals surface area contributed by atoms with Crippen LogP contribution >= 0.6 is 23.2 Å². The van der Waals surface area contributed by atoms with Crippen molar-refractivity contribution in [1.82, 2.24) is 9.66 Å². The first-order valence-electron chi connectivity index (χ1n) is 12.3. The van der Waals surface area contributed by atoms with Crippen LogP contribution in [0.5, 0.6) is 11.5 Å². The molecule has 37 heavy (non-hydrogen) atoms. The zero-order valence-corrected chi connectivity index (χ0v) is 22.0. The van der Waals surface area contributed by atoms with E-state index >= 15 is 0 Å². The molecule has 0 aliphatic heterocycles. The zero-order chi connectivity index (χ0) is 25.8. The number of ether oxygens (including phenoxy) is 2. The third-order valence-electron chi connectivity index (χ3n) is 6.66. The predicted octanol–water partition coefficient (Wildman–Crippen LogP) is 7.22. The second-order valence-corrected chi connectivity index (χ2v) is 9.93. The van der Waals surface area contributed by atoms with Crippen LogP contribution in [0.2, 0.25) is 10.0 Å². The number of rotatable bonds is 7. The summed E-state index contributed by atoms with van der Waals surface area (Å²) in [5.41, 5.74) is 1.90. The van der Waals surface area contributed by atoms with Crippen molar-refractivity contribution < 1.29 is 9.47 Å². The summed E-state index contributed by atoms with van der Waals surface area (Å²) in [6.45, 7) is 0.226. The molecule has 0 unspecified atom stereocenters. The smallest absolute Gasteiger partial charge is 0.282 e. The number of hydrogen-bond donors (Lipinski definition) is 0. The molecule has 5 rings (SSSR count). The Balaban J connectivity index is 1.58. The second kappa shape index (κ2) is 11.4. The van der Waals surface area contributed by atoms with Gasteiger partial charge in [0, 0.05) is 33.2 Å². The average molecular weight is 536 g/mol. The lowest BCUT2D eigenvalue weighted by molar-refractivity contribution is 0.284. The third-order valence-corrected chi connectivity index (χ3v) is 7.25. The molecule has 1 aliphatic rings. The van der Waals surface area contributed by atoms with E-state index in [1.807, 2.05) is 42.5 Å². The second-order valence-electron chi connectivity index (χ2n) is 9.09. The van der Waals surface area contributed by atoms with Gasteiger partial charge in [-0.3, -0.25) is 4.79 Å². The maximum Gasteiger partial charge on any atom is 0.282 e. The summed E-state index contributed by atoms with van der Waals surface area (Å²) in [5.74, 6) is 1.77. The molecule has 0 amide bonds. The number of hydrogen-bond acceptors (Lipinski definition) is 5. The molecule has 8 heteroatoms. The first kappa shape index (κ1) is 25.3. The Labute approximate surface area is 225 Å². The van der Waals surface area contributed by atoms with Crippen molar-refractivity contribution in [3.05, 3.63) is 98.0 Å². The van der Waals surface area contributed by atoms with Crippen LogP contribution in [-0.4, -0.2) is 23.0 Å². The van der Waals surface area contributed by atoms with E-state index in [9.17, 15) is 4.79 Å². The molecule has 0 bridgehead atoms. The Bertz CT molecular complexity index is 1510. The minimum atomic E-state index is -0.199. The van der Waals surface area contributed by atoms with Gasteiger partial charge in [-0.2, -0.15) is 9.78 Å². The van der Waals surface area contributed by atoms with Crippen LogP contribution in [0.3, 0.4) is 0 Å². The van der Waals surface area contributed by atoms with Crippen molar-refractivity contribution >= 4 is 40.3 Å². The monoisotopic (exact) mass is 535 g/mol. The summed E-state index contributed by atoms with van der Waals surface area (Å²) in [7, 11) is 1.55. The lowest BCUT2D eigenvalue weighted by Gasteiger charge is -2.22. The van der Waals surface area contributed by atoms with Gasteiger partial charge in [-0.15, -0.1) is 0 Å². The van der Waals surface area contributed by atoms with Gasteiger partial charge >= 0.3 is 0 Å². The van der Waals surface area contributed by atoms with E-state index < -0.39 is 0 Å². The molecule has 1 fully saturated rings. The molecule has 6 nitrogen and oxygen atoms in total. The van der Waals surface area contributed by atoms with Gasteiger partial charge in [0.25, 0.3) is 5.56 Å². The summed E-state index contributed by atoms with van der Waals surface area (Å²) in [5, 5.41) is 6.24. The van der Waals surface area contributed by atoms with Gasteiger partial charge in [0.1, 0.15) is 12.4 Å². The lowest BCUT2D eigenvalue weighted by atomic mass is 9.88. The fourth-order valence-electron chi connectivity index (χ4n) is 4.75. The number of fused-ring (bicyclic) bond motifs is 1. The first-order chi connectivity index (χ1) is 18.0. The number of aromatic nitrogens is 2. The Kier molecular flexibility index (Phi) is 7.77. The molecule has 190 valence electrons. The van der Waals surface area contributed by atoms with Gasteiger partial charge in [-0.05, 0) is 37.1 Å². The van der Waals surface area contributed by atoms with Crippen molar-refractivity contribution in [2.45, 2.75) is 44.6 Å². The van der Waals surface area contributed by atoms with Gasteiger partial charge in [0.15, 0.2) is 11.5 Å². The third kappa shape index (κ3) is 5.50. The minimum Gasteiger partial charge on any atom is -0.493 e. The predicted molar refractivity (Wildman–Crippen MR) is 149 cm³/mol. The maximum absolute atomic E-state index is 13.5. The van der Waals surface area contributed by atoms with Crippen LogP contribution in [0, 0.1) is 0 Å². The highest BCUT2D eigenvalue weighted by atomic mass is 35.5. The summed E-state index contributed by atoms with van der Waals surface area (Å²) in [6.07, 6.45) is 6.98. The molecule has 0 spiro atoms. The molecular weight excluding hydrogens is 509 g/mol. The molecular formula is C29H27Cl2N3O3. The SMILES string of the molecule is COc1cc(Cl)cc(C=Nn2c(C3CCCCC3)nc3ccccc3c2=O)c1OCc1ccccc1Cl. The van der Waals surface area contributed by atoms with E-state index in [-0.39, 0.29) is 18.1 Å². The standard InChI is InChI=1S/C29H27Cl2N3O3/c1-36-26-16-22(30)15-21(27(26)37-18-20-11-5-7-13-24(20)31)17-32-34-28(19-9-3-2-4-10-19)33-25-14-8-6-12-23(25)29(34)35/h5-8,11-17,19H,2-4,9-10,18H2,1H3. The van der Waals surface area contributed by atoms with E-state index in [0.29, 0.717) is 43.8 Å². The van der Waals surface area contributed by atoms with Crippen molar-refractivity contribution in [2.75, 3.05) is 7.11 Å². The van der Waals surface area contributed by atoms with Crippen LogP contribution in [0.15, 0.2) is 70.6 Å². The molecule has 1 heterocycles. The van der Waals surface area contributed by atoms with E-state index in [2.05, 4.69) is 5.10 Å². The van der Waals surface area contributed by atoms with Gasteiger partial charge in [-0.1, -0.05) is 72.8 Å². The van der Waals surface area contributed by atoms with Gasteiger partial charge in [0.05, 0.1) is 24.2 Å². The summed E-state index contributed by atoms with van der Waals surface area (Å²) in [6, 6.07) is 18.3. The number of benzene rings is 3. The number of para-hydroxylation sites is 1. The van der Waals surface area contributed by atoms with Crippen LogP contribution in [-0.2, 0) is 6.61 Å². The first-order valence-corrected chi connectivity index (χ1v) is 13.1. The Morgan fingerprint density at radius 3 is 2.59 bits per heavy atom. The number of nitrogens with zero attached hydrogens (tertiary/aromatic N) is 3. The number of halogens is 2. The van der Waals surface area contributed by atoms with E-state index in [1.165, 1.54) is 11.1 Å². The molecule has 1 saturated carbocycles. The van der Waals surface area contributed by atoms with Crippen molar-refractivity contribution in [1.29, 1.82) is 0 Å². The summed E-state index contributed by atoms with van der Waals surface area (Å²) < 4.78 is 13.1. The molecule has 3 aromatic carbocycles. The fourth-order valence-corrected chi connectivity index (χ4v) is 5.16. The highest BCUT2D eigenvalue weighted by molar-refractivity contribution is 6.31. The molecule has 0 radical (unpaired) electrons. The highest BCUT2D eigenvalue weighted by Crippen LogP contribution is 2.35. The zero-order valence-electron chi connectivity index (χ0n) is 20.5. The van der Waals surface area contributed by atoms with Crippen molar-refractivity contribution in [3.8, 4) is 11.5 Å². The average Bonchev–Trinajstić information content (AvgIpc) is 2.92. The molecule has 1 aromatic heterocycles. The van der Waals surface area contributed by atoms with Crippen LogP contribution in [0.4, 0.5) is 0 Å². The molecule has 4 aromatic rings. The normalized spacial score (nSPS) is 14.4. The van der Waals surface area contributed by atoms with E-state index in [1.54, 1.807) is 31.5 Å². The largest absolute Gasteiger partial charge is 0.493 e. The Morgan fingerprint density at radius 2 is 1.81 bits per heavy atom. The molecule has 0 saturated heterocycles. The summed E-state index contributed by atoms with van der Waals surface area (Å²) >= 11 is 12.7. The topological polar surface area (TPSA) is 65.7 Å². The highest BCUT2D eigenvalue weighted by Gasteiger charge is 2.22. The fraction of sp³-hybridized carbons (Fsp3) is 0.276. The maximum atomic E-state index is 13.5. The van der Waals surface area contributed by atoms with Gasteiger partial charge in [0.2, 0.25) is 0 Å². The lowest BCUT2D eigenvalue weighted by Crippen LogP contribution is -2.25. The number of methoxy groups -OCH3 is 1. The van der Waals surface area contributed by atoms with Crippen molar-refractivity contribution in [3.63, 3.8) is 0 Å². The molecule has 0 atom stereocenters. The van der Waals surface area contributed by atoms with Crippen LogP contribution in [0.25, 0.3) is 10.9 Å². The Hall–Kier alpha value is -3.35.